The summed E-state index contributed by atoms with van der Waals surface area (Å²) in [6.45, 7) is 2.41. The van der Waals surface area contributed by atoms with Gasteiger partial charge in [0.2, 0.25) is 5.91 Å². The third-order valence-corrected chi connectivity index (χ3v) is 1.64. The Morgan fingerprint density at radius 1 is 1.71 bits per heavy atom. The fraction of sp³-hybridized carbons (Fsp3) is 0.857. The summed E-state index contributed by atoms with van der Waals surface area (Å²) in [4.78, 5) is 25.1. The second kappa shape index (κ2) is 7.07. The molecule has 0 fully saturated rings. The first-order valence-electron chi connectivity index (χ1n) is 4.33. The Labute approximate surface area is 81.7 Å². The summed E-state index contributed by atoms with van der Waals surface area (Å²) in [7, 11) is 0. The Bertz CT molecular complexity index is 197. The maximum absolute atomic E-state index is 11.2. The number of rotatable bonds is 7. The summed E-state index contributed by atoms with van der Waals surface area (Å²) in [5.41, 5.74) is 5.19. The van der Waals surface area contributed by atoms with Crippen molar-refractivity contribution in [1.82, 2.24) is 5.32 Å². The molecule has 0 spiro atoms. The first-order valence-corrected chi connectivity index (χ1v) is 4.33. The lowest BCUT2D eigenvalue weighted by Crippen LogP contribution is -2.33. The van der Waals surface area contributed by atoms with Crippen LogP contribution in [0.15, 0.2) is 0 Å². The van der Waals surface area contributed by atoms with E-state index in [1.54, 1.807) is 6.92 Å². The van der Waals surface area contributed by atoms with Crippen LogP contribution in [0.25, 0.3) is 0 Å². The number of hydrogen-bond donors (Lipinski definition) is 2. The van der Waals surface area contributed by atoms with Crippen molar-refractivity contribution in [3.05, 3.63) is 10.1 Å². The van der Waals surface area contributed by atoms with Gasteiger partial charge >= 0.3 is 0 Å². The van der Waals surface area contributed by atoms with Crippen LogP contribution < -0.4 is 11.1 Å². The van der Waals surface area contributed by atoms with E-state index in [0.717, 1.165) is 0 Å². The third-order valence-electron chi connectivity index (χ3n) is 1.64. The highest BCUT2D eigenvalue weighted by Gasteiger charge is 2.12. The van der Waals surface area contributed by atoms with Gasteiger partial charge in [0.25, 0.3) is 5.09 Å². The molecule has 0 radical (unpaired) electrons. The molecule has 7 nitrogen and oxygen atoms in total. The van der Waals surface area contributed by atoms with Gasteiger partial charge in [-0.3, -0.25) is 4.79 Å². The monoisotopic (exact) mass is 205 g/mol. The first-order chi connectivity index (χ1) is 6.57. The lowest BCUT2D eigenvalue weighted by molar-refractivity contribution is -0.758. The molecule has 1 unspecified atom stereocenters. The van der Waals surface area contributed by atoms with Crippen LogP contribution in [0.5, 0.6) is 0 Å². The van der Waals surface area contributed by atoms with E-state index in [1.165, 1.54) is 0 Å². The minimum Gasteiger partial charge on any atom is -0.355 e. The van der Waals surface area contributed by atoms with Crippen LogP contribution in [0.2, 0.25) is 0 Å². The second-order valence-corrected chi connectivity index (χ2v) is 2.83. The minimum atomic E-state index is -0.871. The Balaban J connectivity index is 3.56. The first kappa shape index (κ1) is 12.6. The Kier molecular flexibility index (Phi) is 6.38. The molecule has 0 aromatic heterocycles. The molecule has 1 amide bonds. The van der Waals surface area contributed by atoms with Gasteiger partial charge in [-0.25, -0.2) is 0 Å². The van der Waals surface area contributed by atoms with Crippen molar-refractivity contribution in [2.24, 2.45) is 11.7 Å². The molecule has 0 saturated carbocycles. The number of carbonyl (C=O) groups is 1. The van der Waals surface area contributed by atoms with Crippen molar-refractivity contribution in [3.63, 3.8) is 0 Å². The Hall–Kier alpha value is -1.37. The lowest BCUT2D eigenvalue weighted by Gasteiger charge is -2.10. The van der Waals surface area contributed by atoms with Crippen LogP contribution in [0.3, 0.4) is 0 Å². The van der Waals surface area contributed by atoms with Crippen LogP contribution in [0, 0.1) is 16.0 Å². The molecule has 0 bridgehead atoms. The molecular formula is C7H15N3O4. The van der Waals surface area contributed by atoms with Gasteiger partial charge in [-0.05, 0) is 6.42 Å². The van der Waals surface area contributed by atoms with Crippen molar-refractivity contribution in [2.45, 2.75) is 13.3 Å². The quantitative estimate of drug-likeness (QED) is 0.422. The molecule has 0 aromatic carbocycles. The molecule has 0 saturated heterocycles. The van der Waals surface area contributed by atoms with Gasteiger partial charge in [0, 0.05) is 19.0 Å². The van der Waals surface area contributed by atoms with Crippen LogP contribution in [0.1, 0.15) is 13.3 Å². The summed E-state index contributed by atoms with van der Waals surface area (Å²) in [5.74, 6) is -0.469. The molecule has 3 N–H and O–H groups in total. The molecular weight excluding hydrogens is 190 g/mol. The molecule has 0 aliphatic heterocycles. The van der Waals surface area contributed by atoms with Crippen LogP contribution in [-0.4, -0.2) is 30.7 Å². The maximum atomic E-state index is 11.2. The molecule has 0 aliphatic rings. The number of amides is 1. The van der Waals surface area contributed by atoms with Gasteiger partial charge in [0.1, 0.15) is 0 Å². The second-order valence-electron chi connectivity index (χ2n) is 2.83. The molecule has 7 heteroatoms. The minimum absolute atomic E-state index is 0.0653. The summed E-state index contributed by atoms with van der Waals surface area (Å²) in [6, 6.07) is 0. The third kappa shape index (κ3) is 6.18. The van der Waals surface area contributed by atoms with E-state index in [2.05, 4.69) is 10.2 Å². The SMILES string of the molecule is CC(CCO[N+](=O)[O-])C(=O)NCCN. The number of nitrogens with one attached hydrogen (secondary N) is 1. The zero-order valence-corrected chi connectivity index (χ0v) is 8.06. The van der Waals surface area contributed by atoms with E-state index in [4.69, 9.17) is 5.73 Å². The van der Waals surface area contributed by atoms with Crippen molar-refractivity contribution in [3.8, 4) is 0 Å². The van der Waals surface area contributed by atoms with Gasteiger partial charge < -0.3 is 15.9 Å². The molecule has 1 atom stereocenters. The average molecular weight is 205 g/mol. The normalized spacial score (nSPS) is 11.9. The highest BCUT2D eigenvalue weighted by molar-refractivity contribution is 5.78. The lowest BCUT2D eigenvalue weighted by atomic mass is 10.1. The maximum Gasteiger partial charge on any atom is 0.294 e. The van der Waals surface area contributed by atoms with E-state index in [1.807, 2.05) is 0 Å². The molecule has 0 aliphatic carbocycles. The van der Waals surface area contributed by atoms with E-state index in [-0.39, 0.29) is 18.4 Å². The van der Waals surface area contributed by atoms with Gasteiger partial charge in [-0.2, -0.15) is 0 Å². The smallest absolute Gasteiger partial charge is 0.294 e. The summed E-state index contributed by atoms with van der Waals surface area (Å²) < 4.78 is 0. The Morgan fingerprint density at radius 3 is 2.86 bits per heavy atom. The molecule has 14 heavy (non-hydrogen) atoms. The van der Waals surface area contributed by atoms with Crippen molar-refractivity contribution in [1.29, 1.82) is 0 Å². The average Bonchev–Trinajstić information content (AvgIpc) is 2.13. The van der Waals surface area contributed by atoms with Crippen LogP contribution >= 0.6 is 0 Å². The molecule has 82 valence electrons. The summed E-state index contributed by atoms with van der Waals surface area (Å²) >= 11 is 0. The number of hydrogen-bond acceptors (Lipinski definition) is 5. The van der Waals surface area contributed by atoms with E-state index in [9.17, 15) is 14.9 Å². The fourth-order valence-electron chi connectivity index (χ4n) is 0.805. The molecule has 0 aromatic rings. The predicted molar refractivity (Wildman–Crippen MR) is 48.8 cm³/mol. The summed E-state index contributed by atoms with van der Waals surface area (Å²) in [5, 5.41) is 11.5. The van der Waals surface area contributed by atoms with E-state index in [0.29, 0.717) is 19.5 Å². The predicted octanol–water partition coefficient (Wildman–Crippen LogP) is -0.704. The van der Waals surface area contributed by atoms with E-state index < -0.39 is 5.09 Å². The Morgan fingerprint density at radius 2 is 2.36 bits per heavy atom. The van der Waals surface area contributed by atoms with Gasteiger partial charge in [0.15, 0.2) is 0 Å². The number of carbonyl (C=O) groups excluding carboxylic acids is 1. The zero-order chi connectivity index (χ0) is 11.0. The number of nitrogens with two attached hydrogens (primary N) is 1. The zero-order valence-electron chi connectivity index (χ0n) is 8.06. The van der Waals surface area contributed by atoms with Crippen LogP contribution in [-0.2, 0) is 9.63 Å². The topological polar surface area (TPSA) is 107 Å². The highest BCUT2D eigenvalue weighted by atomic mass is 16.9. The highest BCUT2D eigenvalue weighted by Crippen LogP contribution is 2.01. The summed E-state index contributed by atoms with van der Waals surface area (Å²) in [6.07, 6.45) is 0.317. The standard InChI is InChI=1S/C7H15N3O4/c1-6(2-5-14-10(12)13)7(11)9-4-3-8/h6H,2-5,8H2,1H3,(H,9,11). The van der Waals surface area contributed by atoms with Gasteiger partial charge in [0.05, 0.1) is 6.61 Å². The van der Waals surface area contributed by atoms with E-state index >= 15 is 0 Å². The fourth-order valence-corrected chi connectivity index (χ4v) is 0.805. The number of nitrogens with zero attached hydrogens (tertiary/aromatic N) is 1. The van der Waals surface area contributed by atoms with Gasteiger partial charge in [-0.15, -0.1) is 10.1 Å². The van der Waals surface area contributed by atoms with Crippen molar-refractivity contribution < 1.29 is 14.7 Å². The van der Waals surface area contributed by atoms with Crippen molar-refractivity contribution >= 4 is 5.91 Å². The van der Waals surface area contributed by atoms with Crippen molar-refractivity contribution in [2.75, 3.05) is 19.7 Å². The molecule has 0 heterocycles. The van der Waals surface area contributed by atoms with Gasteiger partial charge in [-0.1, -0.05) is 6.92 Å². The van der Waals surface area contributed by atoms with Crippen LogP contribution in [0.4, 0.5) is 0 Å². The largest absolute Gasteiger partial charge is 0.355 e. The molecule has 0 rings (SSSR count).